The van der Waals surface area contributed by atoms with Crippen LogP contribution in [0.1, 0.15) is 33.1 Å². The summed E-state index contributed by atoms with van der Waals surface area (Å²) in [6.07, 6.45) is 3.49. The number of rotatable bonds is 7. The predicted molar refractivity (Wildman–Crippen MR) is 62.3 cm³/mol. The Morgan fingerprint density at radius 2 is 2.06 bits per heavy atom. The van der Waals surface area contributed by atoms with E-state index in [9.17, 15) is 9.59 Å². The monoisotopic (exact) mass is 228 g/mol. The Balaban J connectivity index is 4.08. The number of amides is 2. The highest BCUT2D eigenvalue weighted by atomic mass is 16.4. The SMILES string of the molecule is C=CCC(C)NC(=O)N[C@@H](CCC)C(=O)O. The molecule has 0 aliphatic rings. The molecule has 0 rings (SSSR count). The van der Waals surface area contributed by atoms with Gasteiger partial charge in [-0.2, -0.15) is 0 Å². The molecule has 92 valence electrons. The lowest BCUT2D eigenvalue weighted by molar-refractivity contribution is -0.139. The molecular weight excluding hydrogens is 208 g/mol. The van der Waals surface area contributed by atoms with Gasteiger partial charge in [0.2, 0.25) is 0 Å². The summed E-state index contributed by atoms with van der Waals surface area (Å²) in [5.74, 6) is -1.01. The van der Waals surface area contributed by atoms with Gasteiger partial charge >= 0.3 is 12.0 Å². The molecular formula is C11H20N2O3. The molecule has 0 aromatic carbocycles. The van der Waals surface area contributed by atoms with Gasteiger partial charge in [0.15, 0.2) is 0 Å². The summed E-state index contributed by atoms with van der Waals surface area (Å²) in [4.78, 5) is 22.2. The molecule has 0 fully saturated rings. The summed E-state index contributed by atoms with van der Waals surface area (Å²) in [5, 5.41) is 13.9. The van der Waals surface area contributed by atoms with Crippen molar-refractivity contribution in [1.29, 1.82) is 0 Å². The number of hydrogen-bond donors (Lipinski definition) is 3. The Morgan fingerprint density at radius 1 is 1.44 bits per heavy atom. The van der Waals surface area contributed by atoms with Crippen molar-refractivity contribution in [3.63, 3.8) is 0 Å². The normalized spacial score (nSPS) is 13.6. The van der Waals surface area contributed by atoms with Crippen LogP contribution in [0.15, 0.2) is 12.7 Å². The molecule has 0 heterocycles. The number of carbonyl (C=O) groups is 2. The molecule has 5 nitrogen and oxygen atoms in total. The highest BCUT2D eigenvalue weighted by Crippen LogP contribution is 1.97. The molecule has 0 radical (unpaired) electrons. The molecule has 0 saturated carbocycles. The van der Waals surface area contributed by atoms with Crippen molar-refractivity contribution in [3.8, 4) is 0 Å². The van der Waals surface area contributed by atoms with Crippen molar-refractivity contribution < 1.29 is 14.7 Å². The van der Waals surface area contributed by atoms with Crippen molar-refractivity contribution in [2.45, 2.75) is 45.2 Å². The third-order valence-electron chi connectivity index (χ3n) is 2.08. The second-order valence-electron chi connectivity index (χ2n) is 3.72. The fraction of sp³-hybridized carbons (Fsp3) is 0.636. The maximum Gasteiger partial charge on any atom is 0.326 e. The molecule has 5 heteroatoms. The first-order valence-corrected chi connectivity index (χ1v) is 5.42. The molecule has 0 spiro atoms. The van der Waals surface area contributed by atoms with Crippen molar-refractivity contribution in [2.75, 3.05) is 0 Å². The van der Waals surface area contributed by atoms with Crippen LogP contribution in [0.5, 0.6) is 0 Å². The van der Waals surface area contributed by atoms with Crippen LogP contribution in [-0.4, -0.2) is 29.2 Å². The lowest BCUT2D eigenvalue weighted by atomic mass is 10.2. The van der Waals surface area contributed by atoms with E-state index in [1.807, 2.05) is 13.8 Å². The molecule has 16 heavy (non-hydrogen) atoms. The van der Waals surface area contributed by atoms with Crippen LogP contribution in [0.4, 0.5) is 4.79 Å². The number of hydrogen-bond acceptors (Lipinski definition) is 2. The maximum atomic E-state index is 11.4. The maximum absolute atomic E-state index is 11.4. The van der Waals surface area contributed by atoms with Crippen LogP contribution < -0.4 is 10.6 Å². The van der Waals surface area contributed by atoms with E-state index in [4.69, 9.17) is 5.11 Å². The second-order valence-corrected chi connectivity index (χ2v) is 3.72. The molecule has 2 amide bonds. The minimum absolute atomic E-state index is 0.0476. The Kier molecular flexibility index (Phi) is 7.00. The van der Waals surface area contributed by atoms with Crippen molar-refractivity contribution >= 4 is 12.0 Å². The highest BCUT2D eigenvalue weighted by molar-refractivity contribution is 5.82. The average Bonchev–Trinajstić information content (AvgIpc) is 2.16. The number of carbonyl (C=O) groups excluding carboxylic acids is 1. The third kappa shape index (κ3) is 6.06. The third-order valence-corrected chi connectivity index (χ3v) is 2.08. The van der Waals surface area contributed by atoms with Crippen molar-refractivity contribution in [2.24, 2.45) is 0 Å². The largest absolute Gasteiger partial charge is 0.480 e. The van der Waals surface area contributed by atoms with Gasteiger partial charge < -0.3 is 15.7 Å². The molecule has 2 atom stereocenters. The van der Waals surface area contributed by atoms with Gasteiger partial charge in [0, 0.05) is 6.04 Å². The van der Waals surface area contributed by atoms with Crippen molar-refractivity contribution in [3.05, 3.63) is 12.7 Å². The van der Waals surface area contributed by atoms with E-state index in [1.165, 1.54) is 0 Å². The van der Waals surface area contributed by atoms with E-state index in [1.54, 1.807) is 6.08 Å². The number of nitrogens with one attached hydrogen (secondary N) is 2. The smallest absolute Gasteiger partial charge is 0.326 e. The van der Waals surface area contributed by atoms with Gasteiger partial charge in [-0.1, -0.05) is 19.4 Å². The van der Waals surface area contributed by atoms with Crippen LogP contribution in [0.25, 0.3) is 0 Å². The number of urea groups is 1. The zero-order valence-electron chi connectivity index (χ0n) is 9.82. The molecule has 0 aliphatic heterocycles. The number of aliphatic carboxylic acids is 1. The Hall–Kier alpha value is -1.52. The van der Waals surface area contributed by atoms with E-state index in [0.717, 1.165) is 0 Å². The van der Waals surface area contributed by atoms with Crippen LogP contribution >= 0.6 is 0 Å². The molecule has 0 aromatic heterocycles. The first-order valence-electron chi connectivity index (χ1n) is 5.42. The molecule has 3 N–H and O–H groups in total. The van der Waals surface area contributed by atoms with E-state index < -0.39 is 18.0 Å². The zero-order valence-corrected chi connectivity index (χ0v) is 9.82. The fourth-order valence-corrected chi connectivity index (χ4v) is 1.28. The number of carboxylic acid groups (broad SMARTS) is 1. The lowest BCUT2D eigenvalue weighted by Crippen LogP contribution is -2.48. The van der Waals surface area contributed by atoms with Crippen molar-refractivity contribution in [1.82, 2.24) is 10.6 Å². The molecule has 0 bridgehead atoms. The summed E-state index contributed by atoms with van der Waals surface area (Å²) in [6.45, 7) is 7.26. The predicted octanol–water partition coefficient (Wildman–Crippen LogP) is 1.50. The Morgan fingerprint density at radius 3 is 2.50 bits per heavy atom. The number of carboxylic acids is 1. The Bertz CT molecular complexity index is 254. The molecule has 0 aromatic rings. The van der Waals surface area contributed by atoms with Crippen LogP contribution in [-0.2, 0) is 4.79 Å². The van der Waals surface area contributed by atoms with E-state index in [0.29, 0.717) is 19.3 Å². The summed E-state index contributed by atoms with van der Waals surface area (Å²) in [6, 6.07) is -1.32. The van der Waals surface area contributed by atoms with E-state index in [-0.39, 0.29) is 6.04 Å². The van der Waals surface area contributed by atoms with Gasteiger partial charge in [0.1, 0.15) is 6.04 Å². The minimum atomic E-state index is -1.01. The summed E-state index contributed by atoms with van der Waals surface area (Å²) in [5.41, 5.74) is 0. The zero-order chi connectivity index (χ0) is 12.6. The van der Waals surface area contributed by atoms with Gasteiger partial charge in [0.25, 0.3) is 0 Å². The summed E-state index contributed by atoms with van der Waals surface area (Å²) in [7, 11) is 0. The fourth-order valence-electron chi connectivity index (χ4n) is 1.28. The first-order chi connectivity index (χ1) is 7.51. The Labute approximate surface area is 95.9 Å². The highest BCUT2D eigenvalue weighted by Gasteiger charge is 2.18. The second kappa shape index (κ2) is 7.73. The van der Waals surface area contributed by atoms with Gasteiger partial charge in [-0.3, -0.25) is 0 Å². The van der Waals surface area contributed by atoms with E-state index in [2.05, 4.69) is 17.2 Å². The molecule has 0 aliphatic carbocycles. The van der Waals surface area contributed by atoms with Gasteiger partial charge in [0.05, 0.1) is 0 Å². The van der Waals surface area contributed by atoms with Crippen LogP contribution in [0.3, 0.4) is 0 Å². The average molecular weight is 228 g/mol. The van der Waals surface area contributed by atoms with Gasteiger partial charge in [-0.25, -0.2) is 9.59 Å². The van der Waals surface area contributed by atoms with Crippen LogP contribution in [0.2, 0.25) is 0 Å². The standard InChI is InChI=1S/C11H20N2O3/c1-4-6-8(3)12-11(16)13-9(7-5-2)10(14)15/h4,8-9H,1,5-7H2,2-3H3,(H,14,15)(H2,12,13,16)/t8?,9-/m0/s1. The molecule has 1 unspecified atom stereocenters. The van der Waals surface area contributed by atoms with Crippen LogP contribution in [0, 0.1) is 0 Å². The lowest BCUT2D eigenvalue weighted by Gasteiger charge is -2.17. The quantitative estimate of drug-likeness (QED) is 0.578. The van der Waals surface area contributed by atoms with Gasteiger partial charge in [-0.15, -0.1) is 6.58 Å². The molecule has 0 saturated heterocycles. The summed E-state index contributed by atoms with van der Waals surface area (Å²) < 4.78 is 0. The summed E-state index contributed by atoms with van der Waals surface area (Å²) >= 11 is 0. The minimum Gasteiger partial charge on any atom is -0.480 e. The van der Waals surface area contributed by atoms with Gasteiger partial charge in [-0.05, 0) is 19.8 Å². The first kappa shape index (κ1) is 14.5. The van der Waals surface area contributed by atoms with E-state index >= 15 is 0 Å². The topological polar surface area (TPSA) is 78.4 Å².